The van der Waals surface area contributed by atoms with Crippen LogP contribution in [0.3, 0.4) is 0 Å². The SMILES string of the molecule is CN=C(NCCNS(=O)(=O)c1cccs1)NC(C)c1cc(OC)ccc1OC. The highest BCUT2D eigenvalue weighted by Gasteiger charge is 2.16. The molecule has 154 valence electrons. The molecule has 10 heteroatoms. The predicted molar refractivity (Wildman–Crippen MR) is 112 cm³/mol. The number of rotatable bonds is 9. The number of hydrogen-bond acceptors (Lipinski definition) is 6. The summed E-state index contributed by atoms with van der Waals surface area (Å²) < 4.78 is 37.8. The first kappa shape index (κ1) is 22.0. The van der Waals surface area contributed by atoms with Crippen LogP contribution in [0.4, 0.5) is 0 Å². The average molecular weight is 427 g/mol. The number of nitrogens with one attached hydrogen (secondary N) is 3. The highest BCUT2D eigenvalue weighted by molar-refractivity contribution is 7.91. The number of ether oxygens (including phenoxy) is 2. The molecule has 1 aromatic carbocycles. The minimum atomic E-state index is -3.47. The van der Waals surface area contributed by atoms with E-state index in [-0.39, 0.29) is 12.6 Å². The number of aliphatic imine (C=N–C) groups is 1. The summed E-state index contributed by atoms with van der Waals surface area (Å²) in [5.41, 5.74) is 0.920. The zero-order valence-corrected chi connectivity index (χ0v) is 18.0. The van der Waals surface area contributed by atoms with Crippen LogP contribution in [0.25, 0.3) is 0 Å². The summed E-state index contributed by atoms with van der Waals surface area (Å²) >= 11 is 1.18. The summed E-state index contributed by atoms with van der Waals surface area (Å²) in [7, 11) is 1.42. The third-order valence-electron chi connectivity index (χ3n) is 3.95. The Bertz CT molecular complexity index is 883. The molecule has 0 saturated heterocycles. The molecule has 0 bridgehead atoms. The van der Waals surface area contributed by atoms with Gasteiger partial charge in [-0.25, -0.2) is 13.1 Å². The standard InChI is InChI=1S/C18H26N4O4S2/c1-13(15-12-14(25-3)7-8-16(15)26-4)22-18(19-2)20-9-10-21-28(23,24)17-6-5-11-27-17/h5-8,11-13,21H,9-10H2,1-4H3,(H2,19,20,22). The lowest BCUT2D eigenvalue weighted by molar-refractivity contribution is 0.394. The molecule has 28 heavy (non-hydrogen) atoms. The quantitative estimate of drug-likeness (QED) is 0.322. The maximum Gasteiger partial charge on any atom is 0.250 e. The molecule has 0 aliphatic carbocycles. The molecule has 0 aliphatic rings. The molecule has 0 fully saturated rings. The third-order valence-corrected chi connectivity index (χ3v) is 6.81. The smallest absolute Gasteiger partial charge is 0.250 e. The van der Waals surface area contributed by atoms with Crippen LogP contribution in [0.15, 0.2) is 44.9 Å². The first-order chi connectivity index (χ1) is 13.4. The lowest BCUT2D eigenvalue weighted by Crippen LogP contribution is -2.42. The maximum atomic E-state index is 12.1. The number of sulfonamides is 1. The molecular weight excluding hydrogens is 400 g/mol. The maximum absolute atomic E-state index is 12.1. The highest BCUT2D eigenvalue weighted by atomic mass is 32.2. The molecule has 8 nitrogen and oxygen atoms in total. The van der Waals surface area contributed by atoms with Crippen molar-refractivity contribution in [2.75, 3.05) is 34.4 Å². The Balaban J connectivity index is 1.91. The average Bonchev–Trinajstić information content (AvgIpc) is 3.25. The van der Waals surface area contributed by atoms with Crippen molar-refractivity contribution in [1.82, 2.24) is 15.4 Å². The highest BCUT2D eigenvalue weighted by Crippen LogP contribution is 2.29. The van der Waals surface area contributed by atoms with Gasteiger partial charge in [0, 0.05) is 25.7 Å². The zero-order valence-electron chi connectivity index (χ0n) is 16.4. The van der Waals surface area contributed by atoms with Crippen LogP contribution in [0.1, 0.15) is 18.5 Å². The Morgan fingerprint density at radius 3 is 2.61 bits per heavy atom. The van der Waals surface area contributed by atoms with Gasteiger partial charge in [0.05, 0.1) is 20.3 Å². The van der Waals surface area contributed by atoms with Crippen LogP contribution in [-0.4, -0.2) is 48.7 Å². The number of hydrogen-bond donors (Lipinski definition) is 3. The second-order valence-electron chi connectivity index (χ2n) is 5.80. The van der Waals surface area contributed by atoms with Crippen LogP contribution in [0.2, 0.25) is 0 Å². The summed E-state index contributed by atoms with van der Waals surface area (Å²) in [5, 5.41) is 8.09. The van der Waals surface area contributed by atoms with Gasteiger partial charge in [-0.1, -0.05) is 6.07 Å². The van der Waals surface area contributed by atoms with Gasteiger partial charge in [0.1, 0.15) is 15.7 Å². The fourth-order valence-corrected chi connectivity index (χ4v) is 4.58. The number of guanidine groups is 1. The molecule has 1 atom stereocenters. The van der Waals surface area contributed by atoms with E-state index in [9.17, 15) is 8.42 Å². The van der Waals surface area contributed by atoms with E-state index < -0.39 is 10.0 Å². The zero-order chi connectivity index (χ0) is 20.6. The van der Waals surface area contributed by atoms with Crippen molar-refractivity contribution in [2.24, 2.45) is 4.99 Å². The molecule has 0 amide bonds. The van der Waals surface area contributed by atoms with E-state index in [1.165, 1.54) is 11.3 Å². The van der Waals surface area contributed by atoms with Crippen molar-refractivity contribution in [3.05, 3.63) is 41.3 Å². The number of methoxy groups -OCH3 is 2. The van der Waals surface area contributed by atoms with Crippen LogP contribution < -0.4 is 24.8 Å². The number of nitrogens with zero attached hydrogens (tertiary/aromatic N) is 1. The predicted octanol–water partition coefficient (Wildman–Crippen LogP) is 1.97. The first-order valence-electron chi connectivity index (χ1n) is 8.63. The van der Waals surface area contributed by atoms with Gasteiger partial charge in [0.15, 0.2) is 5.96 Å². The van der Waals surface area contributed by atoms with Gasteiger partial charge in [-0.05, 0) is 36.6 Å². The Morgan fingerprint density at radius 2 is 2.00 bits per heavy atom. The van der Waals surface area contributed by atoms with E-state index in [4.69, 9.17) is 9.47 Å². The van der Waals surface area contributed by atoms with E-state index in [1.54, 1.807) is 38.8 Å². The minimum absolute atomic E-state index is 0.112. The summed E-state index contributed by atoms with van der Waals surface area (Å²) in [6.07, 6.45) is 0. The van der Waals surface area contributed by atoms with Crippen molar-refractivity contribution in [1.29, 1.82) is 0 Å². The summed E-state index contributed by atoms with van der Waals surface area (Å²) in [6.45, 7) is 2.59. The summed E-state index contributed by atoms with van der Waals surface area (Å²) in [6, 6.07) is 8.75. The second kappa shape index (κ2) is 10.3. The lowest BCUT2D eigenvalue weighted by Gasteiger charge is -2.21. The van der Waals surface area contributed by atoms with E-state index in [0.717, 1.165) is 17.1 Å². The molecule has 1 aromatic heterocycles. The molecular formula is C18H26N4O4S2. The lowest BCUT2D eigenvalue weighted by atomic mass is 10.1. The molecule has 0 radical (unpaired) electrons. The number of benzene rings is 1. The van der Waals surface area contributed by atoms with Crippen LogP contribution in [0, 0.1) is 0 Å². The van der Waals surface area contributed by atoms with E-state index in [2.05, 4.69) is 20.3 Å². The van der Waals surface area contributed by atoms with Crippen LogP contribution in [0.5, 0.6) is 11.5 Å². The minimum Gasteiger partial charge on any atom is -0.497 e. The van der Waals surface area contributed by atoms with Crippen LogP contribution >= 0.6 is 11.3 Å². The Morgan fingerprint density at radius 1 is 1.21 bits per heavy atom. The Labute approximate surface area is 170 Å². The molecule has 2 rings (SSSR count). The van der Waals surface area contributed by atoms with E-state index in [1.807, 2.05) is 25.1 Å². The Kier molecular flexibility index (Phi) is 8.09. The topological polar surface area (TPSA) is 101 Å². The van der Waals surface area contributed by atoms with Crippen molar-refractivity contribution < 1.29 is 17.9 Å². The van der Waals surface area contributed by atoms with Crippen molar-refractivity contribution in [2.45, 2.75) is 17.2 Å². The molecule has 0 spiro atoms. The molecule has 1 heterocycles. The van der Waals surface area contributed by atoms with Gasteiger partial charge >= 0.3 is 0 Å². The fourth-order valence-electron chi connectivity index (χ4n) is 2.51. The Hall–Kier alpha value is -2.30. The monoisotopic (exact) mass is 426 g/mol. The molecule has 2 aromatic rings. The third kappa shape index (κ3) is 5.85. The van der Waals surface area contributed by atoms with Crippen molar-refractivity contribution in [3.8, 4) is 11.5 Å². The molecule has 1 unspecified atom stereocenters. The van der Waals surface area contributed by atoms with Gasteiger partial charge in [-0.2, -0.15) is 0 Å². The second-order valence-corrected chi connectivity index (χ2v) is 8.74. The van der Waals surface area contributed by atoms with Gasteiger partial charge in [0.25, 0.3) is 0 Å². The van der Waals surface area contributed by atoms with E-state index in [0.29, 0.717) is 16.7 Å². The van der Waals surface area contributed by atoms with Gasteiger partial charge in [-0.15, -0.1) is 11.3 Å². The molecule has 3 N–H and O–H groups in total. The first-order valence-corrected chi connectivity index (χ1v) is 11.0. The van der Waals surface area contributed by atoms with Crippen molar-refractivity contribution >= 4 is 27.3 Å². The molecule has 0 aliphatic heterocycles. The largest absolute Gasteiger partial charge is 0.497 e. The van der Waals surface area contributed by atoms with E-state index >= 15 is 0 Å². The molecule has 0 saturated carbocycles. The normalized spacial score (nSPS) is 13.1. The van der Waals surface area contributed by atoms with Gasteiger partial charge in [0.2, 0.25) is 10.0 Å². The summed E-state index contributed by atoms with van der Waals surface area (Å²) in [5.74, 6) is 2.02. The van der Waals surface area contributed by atoms with Crippen LogP contribution in [-0.2, 0) is 10.0 Å². The van der Waals surface area contributed by atoms with Gasteiger partial charge in [-0.3, -0.25) is 4.99 Å². The van der Waals surface area contributed by atoms with Gasteiger partial charge < -0.3 is 20.1 Å². The number of thiophene rings is 1. The van der Waals surface area contributed by atoms with Crippen molar-refractivity contribution in [3.63, 3.8) is 0 Å². The summed E-state index contributed by atoms with van der Waals surface area (Å²) in [4.78, 5) is 4.18. The fraction of sp³-hybridized carbons (Fsp3) is 0.389.